The number of ether oxygens (including phenoxy) is 4. The van der Waals surface area contributed by atoms with Crippen molar-refractivity contribution in [3.63, 3.8) is 0 Å². The standard InChI is InChI=1S/C19H16O7/c1-22-14-9-11(3-6-12(14)20)17-19(23-2)26-18-13(24-17)7-4-10-5-8-15(21)25-16(10)18/h3-9,17,19-20H,1-2H3/t17-,19+/m1/s1. The van der Waals surface area contributed by atoms with Crippen LogP contribution in [0.25, 0.3) is 11.0 Å². The Morgan fingerprint density at radius 1 is 1.04 bits per heavy atom. The summed E-state index contributed by atoms with van der Waals surface area (Å²) >= 11 is 0. The Morgan fingerprint density at radius 2 is 1.85 bits per heavy atom. The van der Waals surface area contributed by atoms with Crippen molar-refractivity contribution in [3.05, 3.63) is 58.4 Å². The lowest BCUT2D eigenvalue weighted by Gasteiger charge is -2.33. The number of hydrogen-bond donors (Lipinski definition) is 1. The van der Waals surface area contributed by atoms with E-state index in [-0.39, 0.29) is 5.75 Å². The first kappa shape index (κ1) is 16.3. The minimum atomic E-state index is -0.784. The average Bonchev–Trinajstić information content (AvgIpc) is 2.67. The second-order valence-corrected chi connectivity index (χ2v) is 5.76. The van der Waals surface area contributed by atoms with Gasteiger partial charge in [0.05, 0.1) is 7.11 Å². The van der Waals surface area contributed by atoms with Crippen LogP contribution >= 0.6 is 0 Å². The molecule has 7 nitrogen and oxygen atoms in total. The Morgan fingerprint density at radius 3 is 2.62 bits per heavy atom. The van der Waals surface area contributed by atoms with Crippen LogP contribution < -0.4 is 19.8 Å². The molecule has 1 N–H and O–H groups in total. The molecule has 0 saturated carbocycles. The summed E-state index contributed by atoms with van der Waals surface area (Å²) < 4.78 is 27.8. The number of aromatic hydroxyl groups is 1. The monoisotopic (exact) mass is 356 g/mol. The van der Waals surface area contributed by atoms with Gasteiger partial charge in [-0.2, -0.15) is 0 Å². The first-order chi connectivity index (χ1) is 12.6. The first-order valence-electron chi connectivity index (χ1n) is 7.90. The van der Waals surface area contributed by atoms with Crippen LogP contribution in [-0.2, 0) is 4.74 Å². The number of hydrogen-bond acceptors (Lipinski definition) is 7. The van der Waals surface area contributed by atoms with Gasteiger partial charge in [0.15, 0.2) is 28.9 Å². The van der Waals surface area contributed by atoms with Gasteiger partial charge in [-0.05, 0) is 30.3 Å². The van der Waals surface area contributed by atoms with E-state index in [1.807, 2.05) is 0 Å². The minimum Gasteiger partial charge on any atom is -0.504 e. The summed E-state index contributed by atoms with van der Waals surface area (Å²) in [4.78, 5) is 11.6. The molecular formula is C19H16O7. The van der Waals surface area contributed by atoms with Gasteiger partial charge in [0, 0.05) is 24.1 Å². The lowest BCUT2D eigenvalue weighted by Crippen LogP contribution is -2.34. The van der Waals surface area contributed by atoms with Gasteiger partial charge in [-0.25, -0.2) is 4.79 Å². The van der Waals surface area contributed by atoms with Gasteiger partial charge in [0.1, 0.15) is 0 Å². The Bertz CT molecular complexity index is 1020. The maximum atomic E-state index is 11.6. The van der Waals surface area contributed by atoms with Gasteiger partial charge in [-0.3, -0.25) is 0 Å². The van der Waals surface area contributed by atoms with Crippen LogP contribution in [0.2, 0.25) is 0 Å². The quantitative estimate of drug-likeness (QED) is 0.722. The molecule has 26 heavy (non-hydrogen) atoms. The summed E-state index contributed by atoms with van der Waals surface area (Å²) in [5, 5.41) is 10.5. The fourth-order valence-corrected chi connectivity index (χ4v) is 2.93. The molecule has 7 heteroatoms. The molecule has 1 aromatic heterocycles. The minimum absolute atomic E-state index is 0.0233. The molecular weight excluding hydrogens is 340 g/mol. The van der Waals surface area contributed by atoms with E-state index < -0.39 is 18.0 Å². The van der Waals surface area contributed by atoms with Crippen molar-refractivity contribution in [2.75, 3.05) is 14.2 Å². The van der Waals surface area contributed by atoms with Gasteiger partial charge in [0.2, 0.25) is 12.0 Å². The normalized spacial score (nSPS) is 18.7. The largest absolute Gasteiger partial charge is 0.504 e. The molecule has 0 fully saturated rings. The zero-order valence-corrected chi connectivity index (χ0v) is 14.1. The predicted octanol–water partition coefficient (Wildman–Crippen LogP) is 2.99. The molecule has 1 aliphatic heterocycles. The highest BCUT2D eigenvalue weighted by Crippen LogP contribution is 2.44. The third kappa shape index (κ3) is 2.62. The smallest absolute Gasteiger partial charge is 0.336 e. The Labute approximate surface area is 148 Å². The summed E-state index contributed by atoms with van der Waals surface area (Å²) in [5.74, 6) is 1.08. The topological polar surface area (TPSA) is 87.4 Å². The van der Waals surface area contributed by atoms with Crippen molar-refractivity contribution in [1.29, 1.82) is 0 Å². The van der Waals surface area contributed by atoms with Crippen LogP contribution in [0.15, 0.2) is 51.7 Å². The third-order valence-electron chi connectivity index (χ3n) is 4.21. The molecule has 0 radical (unpaired) electrons. The number of methoxy groups -OCH3 is 2. The second kappa shape index (κ2) is 6.27. The van der Waals surface area contributed by atoms with E-state index in [2.05, 4.69) is 0 Å². The highest BCUT2D eigenvalue weighted by Gasteiger charge is 2.35. The Kier molecular flexibility index (Phi) is 3.93. The molecule has 3 aromatic rings. The Hall–Kier alpha value is -3.19. The molecule has 0 aliphatic carbocycles. The fourth-order valence-electron chi connectivity index (χ4n) is 2.93. The number of fused-ring (bicyclic) bond motifs is 3. The number of phenolic OH excluding ortho intramolecular Hbond substituents is 1. The van der Waals surface area contributed by atoms with Gasteiger partial charge >= 0.3 is 5.63 Å². The van der Waals surface area contributed by atoms with E-state index >= 15 is 0 Å². The summed E-state index contributed by atoms with van der Waals surface area (Å²) in [6.45, 7) is 0. The number of rotatable bonds is 3. The van der Waals surface area contributed by atoms with Crippen LogP contribution in [0.4, 0.5) is 0 Å². The molecule has 2 aromatic carbocycles. The van der Waals surface area contributed by atoms with Crippen molar-refractivity contribution in [3.8, 4) is 23.0 Å². The fraction of sp³-hybridized carbons (Fsp3) is 0.211. The summed E-state index contributed by atoms with van der Waals surface area (Å²) in [5.41, 5.74) is 0.527. The molecule has 2 atom stereocenters. The second-order valence-electron chi connectivity index (χ2n) is 5.76. The van der Waals surface area contributed by atoms with E-state index in [9.17, 15) is 9.90 Å². The molecule has 0 spiro atoms. The maximum Gasteiger partial charge on any atom is 0.336 e. The molecule has 4 rings (SSSR count). The molecule has 0 unspecified atom stereocenters. The van der Waals surface area contributed by atoms with E-state index in [1.54, 1.807) is 30.3 Å². The van der Waals surface area contributed by atoms with Crippen molar-refractivity contribution in [2.24, 2.45) is 0 Å². The highest BCUT2D eigenvalue weighted by molar-refractivity contribution is 5.85. The van der Waals surface area contributed by atoms with Crippen LogP contribution in [0, 0.1) is 0 Å². The van der Waals surface area contributed by atoms with Crippen LogP contribution in [0.1, 0.15) is 11.7 Å². The van der Waals surface area contributed by atoms with Crippen LogP contribution in [0.5, 0.6) is 23.0 Å². The molecule has 134 valence electrons. The maximum absolute atomic E-state index is 11.6. The van der Waals surface area contributed by atoms with Gasteiger partial charge in [0.25, 0.3) is 0 Å². The zero-order valence-electron chi connectivity index (χ0n) is 14.1. The number of benzene rings is 2. The van der Waals surface area contributed by atoms with Crippen LogP contribution in [0.3, 0.4) is 0 Å². The summed E-state index contributed by atoms with van der Waals surface area (Å²) in [7, 11) is 2.96. The van der Waals surface area contributed by atoms with Crippen molar-refractivity contribution in [1.82, 2.24) is 0 Å². The van der Waals surface area contributed by atoms with E-state index in [4.69, 9.17) is 23.4 Å². The van der Waals surface area contributed by atoms with Crippen molar-refractivity contribution in [2.45, 2.75) is 12.4 Å². The summed E-state index contributed by atoms with van der Waals surface area (Å²) in [6.07, 6.45) is -1.39. The zero-order chi connectivity index (χ0) is 18.3. The van der Waals surface area contributed by atoms with Gasteiger partial charge in [-0.15, -0.1) is 0 Å². The highest BCUT2D eigenvalue weighted by atomic mass is 16.7. The molecule has 1 aliphatic rings. The van der Waals surface area contributed by atoms with E-state index in [0.29, 0.717) is 33.8 Å². The molecule has 0 saturated heterocycles. The molecule has 2 heterocycles. The van der Waals surface area contributed by atoms with Crippen LogP contribution in [-0.4, -0.2) is 25.6 Å². The lowest BCUT2D eigenvalue weighted by molar-refractivity contribution is -0.137. The van der Waals surface area contributed by atoms with E-state index in [0.717, 1.165) is 0 Å². The van der Waals surface area contributed by atoms with Gasteiger partial charge < -0.3 is 28.5 Å². The third-order valence-corrected chi connectivity index (χ3v) is 4.21. The van der Waals surface area contributed by atoms with E-state index in [1.165, 1.54) is 26.4 Å². The first-order valence-corrected chi connectivity index (χ1v) is 7.90. The SMILES string of the molecule is COc1cc([C@H]2Oc3ccc4ccc(=O)oc4c3O[C@@H]2OC)ccc1O. The summed E-state index contributed by atoms with van der Waals surface area (Å²) in [6, 6.07) is 11.4. The molecule has 0 bridgehead atoms. The predicted molar refractivity (Wildman–Crippen MR) is 91.9 cm³/mol. The molecule has 0 amide bonds. The lowest BCUT2D eigenvalue weighted by atomic mass is 10.1. The van der Waals surface area contributed by atoms with Gasteiger partial charge in [-0.1, -0.05) is 6.07 Å². The Balaban J connectivity index is 1.80. The average molecular weight is 356 g/mol. The van der Waals surface area contributed by atoms with Crippen molar-refractivity contribution < 1.29 is 28.5 Å². The number of phenols is 1. The van der Waals surface area contributed by atoms with Crippen molar-refractivity contribution >= 4 is 11.0 Å².